The molecule has 146 valence electrons. The van der Waals surface area contributed by atoms with Crippen molar-refractivity contribution in [2.45, 2.75) is 44.4 Å². The molecule has 0 bridgehead atoms. The van der Waals surface area contributed by atoms with Crippen LogP contribution in [0, 0.1) is 6.92 Å². The number of aliphatic hydroxyl groups excluding tert-OH is 1. The molecule has 5 nitrogen and oxygen atoms in total. The van der Waals surface area contributed by atoms with Gasteiger partial charge in [-0.2, -0.15) is 0 Å². The van der Waals surface area contributed by atoms with E-state index in [4.69, 9.17) is 11.6 Å². The van der Waals surface area contributed by atoms with E-state index in [0.717, 1.165) is 11.1 Å². The zero-order chi connectivity index (χ0) is 19.4. The molecule has 1 aromatic heterocycles. The average molecular weight is 397 g/mol. The summed E-state index contributed by atoms with van der Waals surface area (Å²) < 4.78 is 27.0. The number of nitrogens with zero attached hydrogens (tertiary/aromatic N) is 3. The summed E-state index contributed by atoms with van der Waals surface area (Å²) in [4.78, 5) is 1.89. The summed E-state index contributed by atoms with van der Waals surface area (Å²) in [5.41, 5.74) is 0.647. The van der Waals surface area contributed by atoms with Gasteiger partial charge in [-0.3, -0.25) is 0 Å². The van der Waals surface area contributed by atoms with Crippen LogP contribution in [-0.4, -0.2) is 46.5 Å². The van der Waals surface area contributed by atoms with Crippen molar-refractivity contribution in [1.82, 2.24) is 15.5 Å². The molecule has 2 aromatic rings. The maximum absolute atomic E-state index is 13.5. The maximum Gasteiger partial charge on any atom is 0.265 e. The van der Waals surface area contributed by atoms with Gasteiger partial charge in [0.1, 0.15) is 6.10 Å². The van der Waals surface area contributed by atoms with Crippen molar-refractivity contribution in [2.75, 3.05) is 18.0 Å². The predicted molar refractivity (Wildman–Crippen MR) is 101 cm³/mol. The first-order chi connectivity index (χ1) is 12.9. The van der Waals surface area contributed by atoms with E-state index < -0.39 is 18.1 Å². The molecule has 0 saturated carbocycles. The number of hydrogen-bond donors (Lipinski definition) is 2. The Bertz CT molecular complexity index is 765. The van der Waals surface area contributed by atoms with Crippen molar-refractivity contribution >= 4 is 17.4 Å². The van der Waals surface area contributed by atoms with E-state index >= 15 is 0 Å². The lowest BCUT2D eigenvalue weighted by Crippen LogP contribution is -2.65. The van der Waals surface area contributed by atoms with Crippen LogP contribution in [0.2, 0.25) is 5.15 Å². The van der Waals surface area contributed by atoms with Crippen LogP contribution in [0.15, 0.2) is 36.4 Å². The molecular formula is C19H23ClF2N4O. The van der Waals surface area contributed by atoms with Crippen LogP contribution in [-0.2, 0) is 6.54 Å². The van der Waals surface area contributed by atoms with E-state index in [1.54, 1.807) is 6.07 Å². The lowest BCUT2D eigenvalue weighted by atomic mass is 9.83. The third kappa shape index (κ3) is 4.54. The van der Waals surface area contributed by atoms with Crippen molar-refractivity contribution in [2.24, 2.45) is 0 Å². The van der Waals surface area contributed by atoms with Crippen molar-refractivity contribution in [3.05, 3.63) is 52.7 Å². The molecule has 0 aliphatic carbocycles. The number of aryl methyl sites for hydroxylation is 1. The topological polar surface area (TPSA) is 61.3 Å². The normalized spacial score (nSPS) is 21.5. The van der Waals surface area contributed by atoms with Gasteiger partial charge in [-0.1, -0.05) is 41.9 Å². The maximum atomic E-state index is 13.5. The Morgan fingerprint density at radius 1 is 1.30 bits per heavy atom. The van der Waals surface area contributed by atoms with Crippen molar-refractivity contribution in [3.8, 4) is 0 Å². The van der Waals surface area contributed by atoms with Crippen molar-refractivity contribution in [3.63, 3.8) is 0 Å². The second kappa shape index (κ2) is 8.46. The fraction of sp³-hybridized carbons (Fsp3) is 0.474. The molecule has 2 heterocycles. The summed E-state index contributed by atoms with van der Waals surface area (Å²) in [6.45, 7) is 3.11. The van der Waals surface area contributed by atoms with Gasteiger partial charge in [-0.05, 0) is 37.0 Å². The lowest BCUT2D eigenvalue weighted by Gasteiger charge is -2.46. The summed E-state index contributed by atoms with van der Waals surface area (Å²) in [7, 11) is 0. The van der Waals surface area contributed by atoms with Crippen LogP contribution in [0.25, 0.3) is 0 Å². The molecular weight excluding hydrogens is 374 g/mol. The van der Waals surface area contributed by atoms with Crippen LogP contribution in [0.3, 0.4) is 0 Å². The smallest absolute Gasteiger partial charge is 0.265 e. The molecule has 0 radical (unpaired) electrons. The highest BCUT2D eigenvalue weighted by molar-refractivity contribution is 6.29. The molecule has 0 amide bonds. The van der Waals surface area contributed by atoms with Gasteiger partial charge in [0.25, 0.3) is 6.43 Å². The number of piperidine rings is 1. The van der Waals surface area contributed by atoms with Gasteiger partial charge >= 0.3 is 0 Å². The largest absolute Gasteiger partial charge is 0.385 e. The minimum absolute atomic E-state index is 0.211. The van der Waals surface area contributed by atoms with Crippen LogP contribution in [0.4, 0.5) is 14.6 Å². The number of alkyl halides is 2. The first kappa shape index (κ1) is 19.9. The van der Waals surface area contributed by atoms with Crippen LogP contribution >= 0.6 is 11.6 Å². The Labute approximate surface area is 162 Å². The van der Waals surface area contributed by atoms with Crippen molar-refractivity contribution in [1.29, 1.82) is 0 Å². The van der Waals surface area contributed by atoms with Crippen LogP contribution in [0.1, 0.15) is 24.0 Å². The number of aliphatic hydroxyl groups is 1. The molecule has 0 unspecified atom stereocenters. The predicted octanol–water partition coefficient (Wildman–Crippen LogP) is 3.19. The number of halogens is 3. The Morgan fingerprint density at radius 2 is 2.04 bits per heavy atom. The lowest BCUT2D eigenvalue weighted by molar-refractivity contribution is -0.0658. The number of aromatic nitrogens is 2. The second-order valence-corrected chi connectivity index (χ2v) is 7.36. The third-order valence-corrected chi connectivity index (χ3v) is 5.23. The summed E-state index contributed by atoms with van der Waals surface area (Å²) in [6.07, 6.45) is -3.53. The van der Waals surface area contributed by atoms with E-state index in [1.165, 1.54) is 0 Å². The van der Waals surface area contributed by atoms with Gasteiger partial charge in [0, 0.05) is 19.6 Å². The summed E-state index contributed by atoms with van der Waals surface area (Å²) in [5.74, 6) is 0.603. The van der Waals surface area contributed by atoms with Gasteiger partial charge in [0.15, 0.2) is 11.0 Å². The van der Waals surface area contributed by atoms with E-state index in [0.29, 0.717) is 31.7 Å². The first-order valence-corrected chi connectivity index (χ1v) is 9.29. The van der Waals surface area contributed by atoms with E-state index in [1.807, 2.05) is 42.2 Å². The zero-order valence-corrected chi connectivity index (χ0v) is 15.8. The van der Waals surface area contributed by atoms with Gasteiger partial charge in [-0.15, -0.1) is 10.2 Å². The zero-order valence-electron chi connectivity index (χ0n) is 15.1. The Hall–Kier alpha value is -1.83. The average Bonchev–Trinajstić information content (AvgIpc) is 2.66. The van der Waals surface area contributed by atoms with E-state index in [9.17, 15) is 13.9 Å². The Balaban J connectivity index is 1.85. The molecule has 0 spiro atoms. The number of hydrogen-bond acceptors (Lipinski definition) is 5. The first-order valence-electron chi connectivity index (χ1n) is 8.91. The fourth-order valence-electron chi connectivity index (χ4n) is 3.63. The molecule has 1 aliphatic heterocycles. The van der Waals surface area contributed by atoms with Gasteiger partial charge in [-0.25, -0.2) is 8.78 Å². The number of benzene rings is 1. The Kier molecular flexibility index (Phi) is 6.24. The highest BCUT2D eigenvalue weighted by Crippen LogP contribution is 2.32. The monoisotopic (exact) mass is 396 g/mol. The number of anilines is 1. The van der Waals surface area contributed by atoms with Crippen LogP contribution in [0.5, 0.6) is 0 Å². The van der Waals surface area contributed by atoms with Gasteiger partial charge < -0.3 is 15.3 Å². The SMILES string of the molecule is Cc1cc(Cl)nnc1N1CCC[C@](NCc2ccccc2)([C@H](O)C(F)F)C1. The molecule has 1 fully saturated rings. The highest BCUT2D eigenvalue weighted by atomic mass is 35.5. The fourth-order valence-corrected chi connectivity index (χ4v) is 3.83. The van der Waals surface area contributed by atoms with Crippen molar-refractivity contribution < 1.29 is 13.9 Å². The molecule has 1 aromatic carbocycles. The summed E-state index contributed by atoms with van der Waals surface area (Å²) >= 11 is 5.88. The molecule has 2 atom stereocenters. The van der Waals surface area contributed by atoms with E-state index in [-0.39, 0.29) is 11.7 Å². The van der Waals surface area contributed by atoms with Crippen LogP contribution < -0.4 is 10.2 Å². The summed E-state index contributed by atoms with van der Waals surface area (Å²) in [6, 6.07) is 11.2. The minimum atomic E-state index is -2.84. The molecule has 2 N–H and O–H groups in total. The highest BCUT2D eigenvalue weighted by Gasteiger charge is 2.46. The third-order valence-electron chi connectivity index (χ3n) is 5.04. The molecule has 1 aliphatic rings. The molecule has 8 heteroatoms. The second-order valence-electron chi connectivity index (χ2n) is 6.97. The molecule has 1 saturated heterocycles. The quantitative estimate of drug-likeness (QED) is 0.785. The molecule has 3 rings (SSSR count). The van der Waals surface area contributed by atoms with E-state index in [2.05, 4.69) is 15.5 Å². The molecule has 27 heavy (non-hydrogen) atoms. The number of nitrogens with one attached hydrogen (secondary N) is 1. The van der Waals surface area contributed by atoms with Gasteiger partial charge in [0.2, 0.25) is 0 Å². The standard InChI is InChI=1S/C19H23ClF2N4O/c1-13-10-15(20)24-25-18(13)26-9-5-8-19(12-26,16(27)17(21)22)23-11-14-6-3-2-4-7-14/h2-4,6-7,10,16-17,23,27H,5,8-9,11-12H2,1H3/t16-,19-/m1/s1. The summed E-state index contributed by atoms with van der Waals surface area (Å²) in [5, 5.41) is 21.9. The number of rotatable bonds is 6. The minimum Gasteiger partial charge on any atom is -0.385 e. The Morgan fingerprint density at radius 3 is 2.70 bits per heavy atom. The van der Waals surface area contributed by atoms with Gasteiger partial charge in [0.05, 0.1) is 5.54 Å².